The third-order valence-corrected chi connectivity index (χ3v) is 7.03. The number of carbonyl (C=O) groups excluding carboxylic acids is 1. The number of aryl methyl sites for hydroxylation is 1. The molecule has 0 aliphatic rings. The Morgan fingerprint density at radius 2 is 1.85 bits per heavy atom. The van der Waals surface area contributed by atoms with Gasteiger partial charge in [0.05, 0.1) is 28.9 Å². The summed E-state index contributed by atoms with van der Waals surface area (Å²) in [6, 6.07) is 15.6. The molecule has 2 aromatic heterocycles. The number of sulfonamides is 1. The van der Waals surface area contributed by atoms with Crippen molar-refractivity contribution in [1.82, 2.24) is 14.4 Å². The predicted molar refractivity (Wildman–Crippen MR) is 128 cm³/mol. The third kappa shape index (κ3) is 4.37. The number of ether oxygens (including phenoxy) is 1. The van der Waals surface area contributed by atoms with Crippen LogP contribution in [-0.4, -0.2) is 49.5 Å². The number of nitrogens with zero attached hydrogens (tertiary/aromatic N) is 3. The lowest BCUT2D eigenvalue weighted by Gasteiger charge is -2.17. The molecule has 0 bridgehead atoms. The van der Waals surface area contributed by atoms with E-state index in [-0.39, 0.29) is 16.4 Å². The van der Waals surface area contributed by atoms with E-state index >= 15 is 0 Å². The molecule has 0 spiro atoms. The highest BCUT2D eigenvalue weighted by atomic mass is 32.2. The number of carbonyl (C=O) groups is 1. The normalized spacial score (nSPS) is 11.7. The summed E-state index contributed by atoms with van der Waals surface area (Å²) in [5, 5.41) is 7.24. The number of fused-ring (bicyclic) bond motifs is 1. The second-order valence-electron chi connectivity index (χ2n) is 7.71. The van der Waals surface area contributed by atoms with E-state index < -0.39 is 15.9 Å². The van der Waals surface area contributed by atoms with E-state index in [1.165, 1.54) is 26.2 Å². The van der Waals surface area contributed by atoms with Crippen molar-refractivity contribution in [3.63, 3.8) is 0 Å². The summed E-state index contributed by atoms with van der Waals surface area (Å²) >= 11 is 0. The van der Waals surface area contributed by atoms with Crippen LogP contribution in [0.15, 0.2) is 64.0 Å². The van der Waals surface area contributed by atoms with Gasteiger partial charge in [-0.3, -0.25) is 4.79 Å². The fourth-order valence-corrected chi connectivity index (χ4v) is 4.54. The molecular weight excluding hydrogens is 456 g/mol. The Hall–Kier alpha value is -3.76. The molecule has 4 rings (SSSR count). The van der Waals surface area contributed by atoms with E-state index in [9.17, 15) is 13.2 Å². The van der Waals surface area contributed by atoms with Gasteiger partial charge in [0.2, 0.25) is 10.0 Å². The molecule has 0 saturated heterocycles. The average molecular weight is 481 g/mol. The smallest absolute Gasteiger partial charge is 0.259 e. The first-order valence-electron chi connectivity index (χ1n) is 10.6. The fourth-order valence-electron chi connectivity index (χ4n) is 3.49. The Morgan fingerprint density at radius 1 is 1.12 bits per heavy atom. The van der Waals surface area contributed by atoms with Gasteiger partial charge in [-0.2, -0.15) is 0 Å². The number of anilines is 1. The Labute approximate surface area is 197 Å². The monoisotopic (exact) mass is 480 g/mol. The molecule has 4 aromatic rings. The van der Waals surface area contributed by atoms with Gasteiger partial charge in [0.1, 0.15) is 10.6 Å². The minimum Gasteiger partial charge on any atom is -0.492 e. The van der Waals surface area contributed by atoms with Crippen LogP contribution in [-0.2, 0) is 10.0 Å². The van der Waals surface area contributed by atoms with Gasteiger partial charge in [-0.05, 0) is 38.1 Å². The number of benzene rings is 2. The first-order valence-corrected chi connectivity index (χ1v) is 12.0. The van der Waals surface area contributed by atoms with E-state index in [1.807, 2.05) is 30.3 Å². The first-order chi connectivity index (χ1) is 16.2. The highest BCUT2D eigenvalue weighted by molar-refractivity contribution is 7.89. The lowest BCUT2D eigenvalue weighted by molar-refractivity contribution is 0.102. The molecule has 2 heterocycles. The maximum absolute atomic E-state index is 13.4. The van der Waals surface area contributed by atoms with Gasteiger partial charge in [0, 0.05) is 25.3 Å². The number of hydrogen-bond acceptors (Lipinski definition) is 7. The predicted octanol–water partition coefficient (Wildman–Crippen LogP) is 4.10. The zero-order valence-electron chi connectivity index (χ0n) is 19.2. The van der Waals surface area contributed by atoms with Gasteiger partial charge in [0.25, 0.3) is 11.6 Å². The van der Waals surface area contributed by atoms with E-state index in [1.54, 1.807) is 26.0 Å². The first kappa shape index (κ1) is 23.4. The maximum atomic E-state index is 13.4. The quantitative estimate of drug-likeness (QED) is 0.423. The van der Waals surface area contributed by atoms with Crippen LogP contribution in [0.5, 0.6) is 5.75 Å². The molecule has 9 nitrogen and oxygen atoms in total. The van der Waals surface area contributed by atoms with E-state index in [2.05, 4.69) is 15.5 Å². The van der Waals surface area contributed by atoms with Crippen molar-refractivity contribution in [2.75, 3.05) is 26.0 Å². The highest BCUT2D eigenvalue weighted by Gasteiger charge is 2.24. The minimum absolute atomic E-state index is 0.0387. The van der Waals surface area contributed by atoms with E-state index in [0.29, 0.717) is 34.6 Å². The molecule has 1 amide bonds. The largest absolute Gasteiger partial charge is 0.492 e. The van der Waals surface area contributed by atoms with Gasteiger partial charge in [-0.1, -0.05) is 35.5 Å². The molecule has 0 aliphatic carbocycles. The molecule has 2 aromatic carbocycles. The number of hydrogen-bond donors (Lipinski definition) is 1. The van der Waals surface area contributed by atoms with Crippen molar-refractivity contribution >= 4 is 32.7 Å². The van der Waals surface area contributed by atoms with Crippen LogP contribution in [0.25, 0.3) is 22.4 Å². The van der Waals surface area contributed by atoms with Gasteiger partial charge >= 0.3 is 0 Å². The van der Waals surface area contributed by atoms with Crippen molar-refractivity contribution in [2.24, 2.45) is 0 Å². The lowest BCUT2D eigenvalue weighted by atomic mass is 10.0. The topological polar surface area (TPSA) is 115 Å². The summed E-state index contributed by atoms with van der Waals surface area (Å²) in [6.45, 7) is 3.79. The Kier molecular flexibility index (Phi) is 6.36. The maximum Gasteiger partial charge on any atom is 0.259 e. The Morgan fingerprint density at radius 3 is 2.53 bits per heavy atom. The van der Waals surface area contributed by atoms with Crippen LogP contribution < -0.4 is 10.1 Å². The fraction of sp³-hybridized carbons (Fsp3) is 0.208. The number of rotatable bonds is 7. The van der Waals surface area contributed by atoms with Gasteiger partial charge < -0.3 is 14.6 Å². The molecule has 0 saturated carbocycles. The molecule has 34 heavy (non-hydrogen) atoms. The second-order valence-corrected chi connectivity index (χ2v) is 9.83. The van der Waals surface area contributed by atoms with Crippen molar-refractivity contribution in [1.29, 1.82) is 0 Å². The van der Waals surface area contributed by atoms with E-state index in [0.717, 1.165) is 9.87 Å². The molecule has 0 aliphatic heterocycles. The summed E-state index contributed by atoms with van der Waals surface area (Å²) < 4.78 is 37.6. The standard InChI is InChI=1S/C24H24N4O5S/c1-5-32-20-12-11-17(13-21(20)34(30,31)28(3)4)25-23(29)18-14-19(16-9-7-6-8-10-16)26-24-22(18)15(2)27-33-24/h6-14H,5H2,1-4H3,(H,25,29). The van der Waals surface area contributed by atoms with Crippen LogP contribution in [0, 0.1) is 6.92 Å². The van der Waals surface area contributed by atoms with Crippen LogP contribution in [0.3, 0.4) is 0 Å². The molecule has 0 atom stereocenters. The van der Waals surface area contributed by atoms with Crippen molar-refractivity contribution in [3.05, 3.63) is 65.9 Å². The molecule has 0 fully saturated rings. The van der Waals surface area contributed by atoms with Crippen LogP contribution in [0.2, 0.25) is 0 Å². The summed E-state index contributed by atoms with van der Waals surface area (Å²) in [6.07, 6.45) is 0. The SMILES string of the molecule is CCOc1ccc(NC(=O)c2cc(-c3ccccc3)nc3onc(C)c23)cc1S(=O)(=O)N(C)C. The molecule has 10 heteroatoms. The number of pyridine rings is 1. The van der Waals surface area contributed by atoms with Crippen molar-refractivity contribution < 1.29 is 22.5 Å². The van der Waals surface area contributed by atoms with Crippen LogP contribution >= 0.6 is 0 Å². The third-order valence-electron chi connectivity index (χ3n) is 5.19. The zero-order chi connectivity index (χ0) is 24.5. The average Bonchev–Trinajstić information content (AvgIpc) is 3.20. The summed E-state index contributed by atoms with van der Waals surface area (Å²) in [5.41, 5.74) is 2.74. The van der Waals surface area contributed by atoms with Crippen molar-refractivity contribution in [3.8, 4) is 17.0 Å². The Balaban J connectivity index is 1.77. The highest BCUT2D eigenvalue weighted by Crippen LogP contribution is 2.31. The van der Waals surface area contributed by atoms with Gasteiger partial charge in [-0.15, -0.1) is 0 Å². The summed E-state index contributed by atoms with van der Waals surface area (Å²) in [7, 11) is -0.937. The van der Waals surface area contributed by atoms with Gasteiger partial charge in [0.15, 0.2) is 0 Å². The number of aromatic nitrogens is 2. The number of amides is 1. The molecule has 176 valence electrons. The molecule has 1 N–H and O–H groups in total. The minimum atomic E-state index is -3.81. The summed E-state index contributed by atoms with van der Waals surface area (Å²) in [4.78, 5) is 17.8. The van der Waals surface area contributed by atoms with Crippen molar-refractivity contribution in [2.45, 2.75) is 18.7 Å². The lowest BCUT2D eigenvalue weighted by Crippen LogP contribution is -2.23. The summed E-state index contributed by atoms with van der Waals surface area (Å²) in [5.74, 6) is -0.241. The second kappa shape index (κ2) is 9.24. The number of nitrogens with one attached hydrogen (secondary N) is 1. The zero-order valence-corrected chi connectivity index (χ0v) is 20.0. The Bertz CT molecular complexity index is 1460. The van der Waals surface area contributed by atoms with E-state index in [4.69, 9.17) is 9.26 Å². The molecule has 0 radical (unpaired) electrons. The molecular formula is C24H24N4O5S. The van der Waals surface area contributed by atoms with Crippen LogP contribution in [0.1, 0.15) is 23.0 Å². The van der Waals surface area contributed by atoms with Gasteiger partial charge in [-0.25, -0.2) is 17.7 Å². The molecule has 0 unspecified atom stereocenters. The van der Waals surface area contributed by atoms with Crippen LogP contribution in [0.4, 0.5) is 5.69 Å².